The predicted molar refractivity (Wildman–Crippen MR) is 88.3 cm³/mol. The van der Waals surface area contributed by atoms with E-state index in [0.29, 0.717) is 11.9 Å². The highest BCUT2D eigenvalue weighted by Gasteiger charge is 2.49. The van der Waals surface area contributed by atoms with Crippen LogP contribution in [0, 0.1) is 5.41 Å². The SMILES string of the molecule is O=C1N(C2CCOCC2)CCCC12CCN(c1ccncc1)C2. The summed E-state index contributed by atoms with van der Waals surface area (Å²) in [5, 5.41) is 0. The van der Waals surface area contributed by atoms with E-state index >= 15 is 0 Å². The Bertz CT molecular complexity index is 559. The van der Waals surface area contributed by atoms with Crippen LogP contribution in [0.1, 0.15) is 32.1 Å². The van der Waals surface area contributed by atoms with Crippen molar-refractivity contribution in [2.75, 3.05) is 37.7 Å². The molecular weight excluding hydrogens is 290 g/mol. The molecule has 0 aliphatic carbocycles. The molecule has 1 aromatic rings. The second-order valence-electron chi connectivity index (χ2n) is 7.10. The van der Waals surface area contributed by atoms with Gasteiger partial charge in [0.15, 0.2) is 0 Å². The minimum Gasteiger partial charge on any atom is -0.381 e. The van der Waals surface area contributed by atoms with E-state index in [1.54, 1.807) is 0 Å². The van der Waals surface area contributed by atoms with Crippen molar-refractivity contribution in [3.63, 3.8) is 0 Å². The smallest absolute Gasteiger partial charge is 0.230 e. The van der Waals surface area contributed by atoms with Gasteiger partial charge in [-0.05, 0) is 44.2 Å². The van der Waals surface area contributed by atoms with Crippen LogP contribution in [0.3, 0.4) is 0 Å². The predicted octanol–water partition coefficient (Wildman–Crippen LogP) is 2.08. The summed E-state index contributed by atoms with van der Waals surface area (Å²) in [6.07, 6.45) is 8.80. The first-order valence-corrected chi connectivity index (χ1v) is 8.82. The maximum Gasteiger partial charge on any atom is 0.230 e. The van der Waals surface area contributed by atoms with Gasteiger partial charge in [-0.25, -0.2) is 0 Å². The monoisotopic (exact) mass is 315 g/mol. The van der Waals surface area contributed by atoms with Gasteiger partial charge in [-0.3, -0.25) is 9.78 Å². The number of likely N-dealkylation sites (tertiary alicyclic amines) is 1. The molecule has 4 rings (SSSR count). The van der Waals surface area contributed by atoms with E-state index in [2.05, 4.69) is 14.8 Å². The quantitative estimate of drug-likeness (QED) is 0.838. The van der Waals surface area contributed by atoms with Crippen LogP contribution in [0.2, 0.25) is 0 Å². The molecule has 3 aliphatic rings. The van der Waals surface area contributed by atoms with Crippen LogP contribution in [-0.4, -0.2) is 54.7 Å². The van der Waals surface area contributed by atoms with Crippen LogP contribution in [0.4, 0.5) is 5.69 Å². The lowest BCUT2D eigenvalue weighted by Crippen LogP contribution is -2.54. The average molecular weight is 315 g/mol. The molecule has 3 fully saturated rings. The highest BCUT2D eigenvalue weighted by atomic mass is 16.5. The Hall–Kier alpha value is -1.62. The van der Waals surface area contributed by atoms with Crippen molar-refractivity contribution in [3.05, 3.63) is 24.5 Å². The van der Waals surface area contributed by atoms with Crippen LogP contribution in [-0.2, 0) is 9.53 Å². The summed E-state index contributed by atoms with van der Waals surface area (Å²) in [4.78, 5) is 21.9. The van der Waals surface area contributed by atoms with Gasteiger partial charge in [-0.1, -0.05) is 0 Å². The first-order chi connectivity index (χ1) is 11.3. The summed E-state index contributed by atoms with van der Waals surface area (Å²) in [7, 11) is 0. The summed E-state index contributed by atoms with van der Waals surface area (Å²) in [5.41, 5.74) is 1.02. The summed E-state index contributed by atoms with van der Waals surface area (Å²) in [5.74, 6) is 0.396. The molecule has 0 radical (unpaired) electrons. The Kier molecular flexibility index (Phi) is 3.97. The molecule has 5 nitrogen and oxygen atoms in total. The number of aromatic nitrogens is 1. The topological polar surface area (TPSA) is 45.7 Å². The molecule has 0 aromatic carbocycles. The molecule has 1 amide bonds. The fourth-order valence-electron chi connectivity index (χ4n) is 4.47. The van der Waals surface area contributed by atoms with Gasteiger partial charge in [-0.2, -0.15) is 0 Å². The first-order valence-electron chi connectivity index (χ1n) is 8.82. The molecule has 1 spiro atoms. The van der Waals surface area contributed by atoms with Gasteiger partial charge in [-0.15, -0.1) is 0 Å². The van der Waals surface area contributed by atoms with Gasteiger partial charge in [0.05, 0.1) is 5.41 Å². The maximum absolute atomic E-state index is 13.3. The second-order valence-corrected chi connectivity index (χ2v) is 7.10. The van der Waals surface area contributed by atoms with Crippen molar-refractivity contribution < 1.29 is 9.53 Å². The summed E-state index contributed by atoms with van der Waals surface area (Å²) in [6.45, 7) is 4.35. The Morgan fingerprint density at radius 2 is 1.91 bits per heavy atom. The standard InChI is InChI=1S/C18H25N3O2/c22-17-18(6-1-10-21(17)16-4-12-23-13-5-16)7-11-20(14-18)15-2-8-19-9-3-15/h2-3,8-9,16H,1,4-7,10-14H2. The van der Waals surface area contributed by atoms with Gasteiger partial charge in [0, 0.05) is 57.0 Å². The fourth-order valence-corrected chi connectivity index (χ4v) is 4.47. The minimum absolute atomic E-state index is 0.167. The van der Waals surface area contributed by atoms with Gasteiger partial charge in [0.2, 0.25) is 5.91 Å². The van der Waals surface area contributed by atoms with Crippen LogP contribution in [0.25, 0.3) is 0 Å². The van der Waals surface area contributed by atoms with E-state index in [1.165, 1.54) is 5.69 Å². The van der Waals surface area contributed by atoms with Crippen LogP contribution in [0.15, 0.2) is 24.5 Å². The minimum atomic E-state index is -0.167. The molecule has 1 atom stereocenters. The summed E-state index contributed by atoms with van der Waals surface area (Å²) < 4.78 is 5.47. The maximum atomic E-state index is 13.3. The van der Waals surface area contributed by atoms with E-state index in [0.717, 1.165) is 65.0 Å². The molecule has 3 aliphatic heterocycles. The van der Waals surface area contributed by atoms with Gasteiger partial charge in [0.25, 0.3) is 0 Å². The van der Waals surface area contributed by atoms with E-state index in [1.807, 2.05) is 24.5 Å². The third-order valence-electron chi connectivity index (χ3n) is 5.78. The van der Waals surface area contributed by atoms with Gasteiger partial charge < -0.3 is 14.5 Å². The molecule has 0 saturated carbocycles. The number of rotatable bonds is 2. The number of carbonyl (C=O) groups is 1. The average Bonchev–Trinajstić information content (AvgIpc) is 3.04. The molecule has 5 heteroatoms. The van der Waals surface area contributed by atoms with E-state index in [-0.39, 0.29) is 5.41 Å². The Balaban J connectivity index is 1.50. The molecule has 4 heterocycles. The first kappa shape index (κ1) is 14.9. The molecule has 3 saturated heterocycles. The number of hydrogen-bond acceptors (Lipinski definition) is 4. The zero-order valence-electron chi connectivity index (χ0n) is 13.6. The summed E-state index contributed by atoms with van der Waals surface area (Å²) in [6, 6.07) is 4.48. The molecule has 0 bridgehead atoms. The third kappa shape index (κ3) is 2.71. The van der Waals surface area contributed by atoms with Crippen molar-refractivity contribution in [2.45, 2.75) is 38.1 Å². The molecule has 1 aromatic heterocycles. The lowest BCUT2D eigenvalue weighted by molar-refractivity contribution is -0.149. The van der Waals surface area contributed by atoms with Gasteiger partial charge in [0.1, 0.15) is 0 Å². The lowest BCUT2D eigenvalue weighted by atomic mass is 9.77. The number of anilines is 1. The molecular formula is C18H25N3O2. The van der Waals surface area contributed by atoms with Crippen molar-refractivity contribution >= 4 is 11.6 Å². The fraction of sp³-hybridized carbons (Fsp3) is 0.667. The Labute approximate surface area is 137 Å². The number of nitrogens with zero attached hydrogens (tertiary/aromatic N) is 3. The Morgan fingerprint density at radius 1 is 1.13 bits per heavy atom. The molecule has 1 unspecified atom stereocenters. The van der Waals surface area contributed by atoms with Crippen molar-refractivity contribution in [3.8, 4) is 0 Å². The zero-order valence-corrected chi connectivity index (χ0v) is 13.6. The second kappa shape index (κ2) is 6.11. The number of hydrogen-bond donors (Lipinski definition) is 0. The lowest BCUT2D eigenvalue weighted by Gasteiger charge is -2.44. The molecule has 124 valence electrons. The molecule has 0 N–H and O–H groups in total. The van der Waals surface area contributed by atoms with E-state index < -0.39 is 0 Å². The largest absolute Gasteiger partial charge is 0.381 e. The van der Waals surface area contributed by atoms with Crippen LogP contribution in [0.5, 0.6) is 0 Å². The number of ether oxygens (including phenoxy) is 1. The number of pyridine rings is 1. The zero-order chi connectivity index (χ0) is 15.7. The van der Waals surface area contributed by atoms with E-state index in [4.69, 9.17) is 4.74 Å². The van der Waals surface area contributed by atoms with E-state index in [9.17, 15) is 4.79 Å². The normalized spacial score (nSPS) is 29.5. The van der Waals surface area contributed by atoms with Crippen molar-refractivity contribution in [2.24, 2.45) is 5.41 Å². The van der Waals surface area contributed by atoms with Gasteiger partial charge >= 0.3 is 0 Å². The molecule has 23 heavy (non-hydrogen) atoms. The summed E-state index contributed by atoms with van der Waals surface area (Å²) >= 11 is 0. The highest BCUT2D eigenvalue weighted by molar-refractivity contribution is 5.85. The van der Waals surface area contributed by atoms with Crippen LogP contribution < -0.4 is 4.90 Å². The Morgan fingerprint density at radius 3 is 2.70 bits per heavy atom. The third-order valence-corrected chi connectivity index (χ3v) is 5.78. The number of amides is 1. The highest BCUT2D eigenvalue weighted by Crippen LogP contribution is 2.42. The number of carbonyl (C=O) groups excluding carboxylic acids is 1. The number of piperidine rings is 1. The van der Waals surface area contributed by atoms with Crippen LogP contribution >= 0.6 is 0 Å². The van der Waals surface area contributed by atoms with Crippen molar-refractivity contribution in [1.82, 2.24) is 9.88 Å². The van der Waals surface area contributed by atoms with Crippen molar-refractivity contribution in [1.29, 1.82) is 0 Å².